The minimum Gasteiger partial charge on any atom is -0.459 e. The summed E-state index contributed by atoms with van der Waals surface area (Å²) in [5.41, 5.74) is 0.0999. The number of carbonyl (C=O) groups is 1. The van der Waals surface area contributed by atoms with Crippen LogP contribution < -0.4 is 5.32 Å². The van der Waals surface area contributed by atoms with Gasteiger partial charge in [0.15, 0.2) is 4.34 Å². The van der Waals surface area contributed by atoms with Gasteiger partial charge in [0.2, 0.25) is 5.13 Å². The number of hydrogen-bond acceptors (Lipinski definition) is 7. The van der Waals surface area contributed by atoms with Crippen LogP contribution in [0.25, 0.3) is 0 Å². The van der Waals surface area contributed by atoms with Gasteiger partial charge in [-0.15, -0.1) is 10.2 Å². The second-order valence-corrected chi connectivity index (χ2v) is 7.58. The fourth-order valence-electron chi connectivity index (χ4n) is 1.50. The van der Waals surface area contributed by atoms with Crippen molar-refractivity contribution >= 4 is 39.9 Å². The summed E-state index contributed by atoms with van der Waals surface area (Å²) in [6, 6.07) is 6.08. The maximum absolute atomic E-state index is 13.1. The standard InChI is InChI=1S/C14H16FN3O2S2/c1-14(2,3)20-11(19)8-21-13-18-17-12(22-13)16-10-6-4-5-9(15)7-10/h4-7H,8H2,1-3H3,(H,16,17). The molecule has 8 heteroatoms. The molecule has 0 bridgehead atoms. The molecular formula is C14H16FN3O2S2. The number of ether oxygens (including phenoxy) is 1. The Morgan fingerprint density at radius 3 is 2.86 bits per heavy atom. The average molecular weight is 341 g/mol. The lowest BCUT2D eigenvalue weighted by Gasteiger charge is -2.18. The summed E-state index contributed by atoms with van der Waals surface area (Å²) in [5, 5.41) is 11.4. The van der Waals surface area contributed by atoms with Crippen LogP contribution in [0.3, 0.4) is 0 Å². The van der Waals surface area contributed by atoms with E-state index in [2.05, 4.69) is 15.5 Å². The third-order valence-electron chi connectivity index (χ3n) is 2.22. The third-order valence-corrected chi connectivity index (χ3v) is 4.16. The second-order valence-electron chi connectivity index (χ2n) is 5.38. The summed E-state index contributed by atoms with van der Waals surface area (Å²) < 4.78 is 18.9. The first-order valence-electron chi connectivity index (χ1n) is 6.52. The summed E-state index contributed by atoms with van der Waals surface area (Å²) in [7, 11) is 0. The molecular weight excluding hydrogens is 325 g/mol. The van der Waals surface area contributed by atoms with Crippen LogP contribution in [-0.4, -0.2) is 27.5 Å². The molecule has 0 saturated heterocycles. The van der Waals surface area contributed by atoms with Crippen molar-refractivity contribution in [2.75, 3.05) is 11.1 Å². The summed E-state index contributed by atoms with van der Waals surface area (Å²) in [5.74, 6) is -0.451. The van der Waals surface area contributed by atoms with Crippen LogP contribution in [0.15, 0.2) is 28.6 Å². The summed E-state index contributed by atoms with van der Waals surface area (Å²) in [4.78, 5) is 11.6. The van der Waals surface area contributed by atoms with E-state index < -0.39 is 5.60 Å². The van der Waals surface area contributed by atoms with Gasteiger partial charge in [-0.25, -0.2) is 4.39 Å². The number of nitrogens with zero attached hydrogens (tertiary/aromatic N) is 2. The number of thioether (sulfide) groups is 1. The Hall–Kier alpha value is -1.67. The number of carbonyl (C=O) groups excluding carboxylic acids is 1. The number of hydrogen-bond donors (Lipinski definition) is 1. The molecule has 1 heterocycles. The Balaban J connectivity index is 1.88. The molecule has 0 amide bonds. The number of rotatable bonds is 5. The smallest absolute Gasteiger partial charge is 0.316 e. The van der Waals surface area contributed by atoms with Crippen LogP contribution in [0.2, 0.25) is 0 Å². The molecule has 0 aliphatic heterocycles. The van der Waals surface area contributed by atoms with Crippen LogP contribution in [0.5, 0.6) is 0 Å². The van der Waals surface area contributed by atoms with Gasteiger partial charge in [0.05, 0.1) is 5.75 Å². The molecule has 0 unspecified atom stereocenters. The minimum absolute atomic E-state index is 0.172. The Morgan fingerprint density at radius 2 is 2.18 bits per heavy atom. The Bertz CT molecular complexity index is 656. The van der Waals surface area contributed by atoms with Gasteiger partial charge < -0.3 is 10.1 Å². The number of nitrogens with one attached hydrogen (secondary N) is 1. The molecule has 22 heavy (non-hydrogen) atoms. The van der Waals surface area contributed by atoms with E-state index in [0.29, 0.717) is 15.2 Å². The molecule has 0 fully saturated rings. The first-order valence-corrected chi connectivity index (χ1v) is 8.33. The van der Waals surface area contributed by atoms with Crippen molar-refractivity contribution in [2.45, 2.75) is 30.7 Å². The Morgan fingerprint density at radius 1 is 1.41 bits per heavy atom. The number of esters is 1. The van der Waals surface area contributed by atoms with Crippen LogP contribution >= 0.6 is 23.1 Å². The molecule has 0 saturated carbocycles. The number of anilines is 2. The van der Waals surface area contributed by atoms with Gasteiger partial charge in [-0.2, -0.15) is 0 Å². The maximum atomic E-state index is 13.1. The largest absolute Gasteiger partial charge is 0.459 e. The van der Waals surface area contributed by atoms with Gasteiger partial charge in [0.1, 0.15) is 11.4 Å². The topological polar surface area (TPSA) is 64.1 Å². The van der Waals surface area contributed by atoms with Gasteiger partial charge in [-0.05, 0) is 39.0 Å². The zero-order valence-corrected chi connectivity index (χ0v) is 14.1. The van der Waals surface area contributed by atoms with E-state index in [4.69, 9.17) is 4.74 Å². The van der Waals surface area contributed by atoms with Crippen molar-refractivity contribution in [3.63, 3.8) is 0 Å². The molecule has 118 valence electrons. The fraction of sp³-hybridized carbons (Fsp3) is 0.357. The zero-order valence-electron chi connectivity index (χ0n) is 12.4. The Kier molecular flexibility index (Phi) is 5.36. The third kappa shape index (κ3) is 5.61. The highest BCUT2D eigenvalue weighted by atomic mass is 32.2. The number of halogens is 1. The summed E-state index contributed by atoms with van der Waals surface area (Å²) in [6.45, 7) is 5.46. The summed E-state index contributed by atoms with van der Waals surface area (Å²) >= 11 is 2.55. The molecule has 5 nitrogen and oxygen atoms in total. The lowest BCUT2D eigenvalue weighted by Crippen LogP contribution is -2.24. The fourth-order valence-corrected chi connectivity index (χ4v) is 3.05. The van der Waals surface area contributed by atoms with E-state index in [0.717, 1.165) is 0 Å². The van der Waals surface area contributed by atoms with Crippen molar-refractivity contribution in [1.29, 1.82) is 0 Å². The second kappa shape index (κ2) is 7.06. The van der Waals surface area contributed by atoms with Crippen LogP contribution in [0.1, 0.15) is 20.8 Å². The first kappa shape index (κ1) is 16.7. The van der Waals surface area contributed by atoms with Crippen molar-refractivity contribution in [2.24, 2.45) is 0 Å². The van der Waals surface area contributed by atoms with E-state index in [1.165, 1.54) is 35.2 Å². The lowest BCUT2D eigenvalue weighted by molar-refractivity contribution is -0.151. The van der Waals surface area contributed by atoms with Crippen molar-refractivity contribution in [3.8, 4) is 0 Å². The van der Waals surface area contributed by atoms with Gasteiger partial charge in [-0.3, -0.25) is 4.79 Å². The Labute approximate surface area is 136 Å². The lowest BCUT2D eigenvalue weighted by atomic mass is 10.2. The zero-order chi connectivity index (χ0) is 16.2. The quantitative estimate of drug-likeness (QED) is 0.658. The molecule has 0 aliphatic rings. The number of aromatic nitrogens is 2. The van der Waals surface area contributed by atoms with Crippen molar-refractivity contribution in [1.82, 2.24) is 10.2 Å². The van der Waals surface area contributed by atoms with Crippen molar-refractivity contribution < 1.29 is 13.9 Å². The van der Waals surface area contributed by atoms with Gasteiger partial charge in [0.25, 0.3) is 0 Å². The van der Waals surface area contributed by atoms with Gasteiger partial charge in [0, 0.05) is 5.69 Å². The predicted molar refractivity (Wildman–Crippen MR) is 86.2 cm³/mol. The molecule has 0 radical (unpaired) electrons. The minimum atomic E-state index is -0.497. The van der Waals surface area contributed by atoms with E-state index in [-0.39, 0.29) is 17.5 Å². The highest BCUT2D eigenvalue weighted by Crippen LogP contribution is 2.28. The van der Waals surface area contributed by atoms with Crippen LogP contribution in [0, 0.1) is 5.82 Å². The molecule has 1 aromatic carbocycles. The highest BCUT2D eigenvalue weighted by molar-refractivity contribution is 8.01. The van der Waals surface area contributed by atoms with Gasteiger partial charge in [-0.1, -0.05) is 29.2 Å². The average Bonchev–Trinajstić information content (AvgIpc) is 2.82. The molecule has 2 rings (SSSR count). The molecule has 0 aliphatic carbocycles. The van der Waals surface area contributed by atoms with Crippen LogP contribution in [0.4, 0.5) is 15.2 Å². The SMILES string of the molecule is CC(C)(C)OC(=O)CSc1nnc(Nc2cccc(F)c2)s1. The monoisotopic (exact) mass is 341 g/mol. The molecule has 0 atom stereocenters. The normalized spacial score (nSPS) is 11.3. The molecule has 0 spiro atoms. The maximum Gasteiger partial charge on any atom is 0.316 e. The van der Waals surface area contributed by atoms with E-state index in [1.807, 2.05) is 20.8 Å². The van der Waals surface area contributed by atoms with Crippen LogP contribution in [-0.2, 0) is 9.53 Å². The molecule has 2 aromatic rings. The van der Waals surface area contributed by atoms with E-state index in [1.54, 1.807) is 12.1 Å². The van der Waals surface area contributed by atoms with E-state index >= 15 is 0 Å². The summed E-state index contributed by atoms with van der Waals surface area (Å²) in [6.07, 6.45) is 0. The molecule has 1 aromatic heterocycles. The first-order chi connectivity index (χ1) is 10.3. The predicted octanol–water partition coefficient (Wildman–Crippen LogP) is 3.85. The highest BCUT2D eigenvalue weighted by Gasteiger charge is 2.17. The van der Waals surface area contributed by atoms with E-state index in [9.17, 15) is 9.18 Å². The van der Waals surface area contributed by atoms with Gasteiger partial charge >= 0.3 is 5.97 Å². The van der Waals surface area contributed by atoms with Crippen molar-refractivity contribution in [3.05, 3.63) is 30.1 Å². The number of benzene rings is 1. The molecule has 1 N–H and O–H groups in total.